The monoisotopic (exact) mass is 112 g/mol. The molecule has 0 radical (unpaired) electrons. The Hall–Kier alpha value is -1.31. The van der Waals surface area contributed by atoms with E-state index in [9.17, 15) is 4.79 Å². The maximum Gasteiger partial charge on any atom is 0.234 e. The molecule has 0 amide bonds. The largest absolute Gasteiger partial charge is 0.234 e. The van der Waals surface area contributed by atoms with Gasteiger partial charge in [-0.2, -0.15) is 0 Å². The molecule has 5 nitrogen and oxygen atoms in total. The van der Waals surface area contributed by atoms with Crippen molar-refractivity contribution in [2.75, 3.05) is 13.1 Å². The fourth-order valence-electron chi connectivity index (χ4n) is 0.185. The fraction of sp³-hybridized carbons (Fsp3) is 0.667. The number of isocyanates is 1. The average molecular weight is 112 g/mol. The second kappa shape index (κ2) is 5.69. The van der Waals surface area contributed by atoms with Crippen molar-refractivity contribution in [2.45, 2.75) is 0 Å². The van der Waals surface area contributed by atoms with Crippen LogP contribution in [0.1, 0.15) is 0 Å². The Labute approximate surface area is 45.7 Å². The fourth-order valence-corrected chi connectivity index (χ4v) is 0.185. The highest BCUT2D eigenvalue weighted by Gasteiger charge is 1.72. The van der Waals surface area contributed by atoms with Crippen molar-refractivity contribution in [1.82, 2.24) is 0 Å². The molecular weight excluding hydrogens is 108 g/mol. The average Bonchev–Trinajstić information content (AvgIpc) is 1.81. The first kappa shape index (κ1) is 6.69. The Bertz CT molecular complexity index is 123. The lowest BCUT2D eigenvalue weighted by molar-refractivity contribution is 0.563. The first-order valence-electron chi connectivity index (χ1n) is 1.96. The number of nitrogens with zero attached hydrogens (tertiary/aromatic N) is 4. The van der Waals surface area contributed by atoms with E-state index in [4.69, 9.17) is 5.53 Å². The molecule has 0 aliphatic carbocycles. The van der Waals surface area contributed by atoms with Crippen LogP contribution in [0.4, 0.5) is 0 Å². The Balaban J connectivity index is 3.18. The summed E-state index contributed by atoms with van der Waals surface area (Å²) in [4.78, 5) is 14.9. The first-order valence-corrected chi connectivity index (χ1v) is 1.96. The second-order valence-electron chi connectivity index (χ2n) is 0.927. The van der Waals surface area contributed by atoms with Crippen LogP contribution in [-0.2, 0) is 4.79 Å². The normalized spacial score (nSPS) is 6.50. The van der Waals surface area contributed by atoms with Gasteiger partial charge in [0, 0.05) is 11.5 Å². The van der Waals surface area contributed by atoms with Gasteiger partial charge >= 0.3 is 0 Å². The Morgan fingerprint density at radius 3 is 2.88 bits per heavy atom. The van der Waals surface area contributed by atoms with Crippen LogP contribution in [0, 0.1) is 0 Å². The molecule has 0 saturated heterocycles. The van der Waals surface area contributed by atoms with Gasteiger partial charge in [0.2, 0.25) is 6.08 Å². The van der Waals surface area contributed by atoms with E-state index >= 15 is 0 Å². The number of rotatable bonds is 3. The predicted octanol–water partition coefficient (Wildman–Crippen LogP) is 0.632. The van der Waals surface area contributed by atoms with E-state index in [1.807, 2.05) is 0 Å². The van der Waals surface area contributed by atoms with Crippen LogP contribution in [-0.4, -0.2) is 19.2 Å². The van der Waals surface area contributed by atoms with Gasteiger partial charge in [-0.25, -0.2) is 9.79 Å². The van der Waals surface area contributed by atoms with Crippen LogP contribution in [0.5, 0.6) is 0 Å². The quantitative estimate of drug-likeness (QED) is 0.132. The molecule has 0 N–H and O–H groups in total. The van der Waals surface area contributed by atoms with Crippen LogP contribution in [0.15, 0.2) is 10.1 Å². The lowest BCUT2D eigenvalue weighted by Crippen LogP contribution is -1.81. The molecule has 0 spiro atoms. The third kappa shape index (κ3) is 4.69. The summed E-state index contributed by atoms with van der Waals surface area (Å²) in [7, 11) is 0. The molecule has 42 valence electrons. The lowest BCUT2D eigenvalue weighted by atomic mass is 10.7. The number of hydrogen-bond donors (Lipinski definition) is 0. The van der Waals surface area contributed by atoms with Crippen molar-refractivity contribution in [1.29, 1.82) is 0 Å². The van der Waals surface area contributed by atoms with Gasteiger partial charge in [0.05, 0.1) is 6.54 Å². The number of azide groups is 1. The highest BCUT2D eigenvalue weighted by atomic mass is 16.1. The van der Waals surface area contributed by atoms with E-state index in [1.165, 1.54) is 6.08 Å². The molecular formula is C3H4N4O. The lowest BCUT2D eigenvalue weighted by Gasteiger charge is -1.74. The van der Waals surface area contributed by atoms with Crippen molar-refractivity contribution < 1.29 is 4.79 Å². The molecule has 0 aliphatic heterocycles. The third-order valence-corrected chi connectivity index (χ3v) is 0.440. The van der Waals surface area contributed by atoms with Gasteiger partial charge in [-0.05, 0) is 5.53 Å². The molecule has 0 fully saturated rings. The number of aliphatic imine (C=N–C) groups is 1. The SMILES string of the molecule is [N-]=[N+]=NCCN=C=O. The Kier molecular flexibility index (Phi) is 4.76. The second-order valence-corrected chi connectivity index (χ2v) is 0.927. The van der Waals surface area contributed by atoms with Gasteiger partial charge in [0.1, 0.15) is 0 Å². The molecule has 0 unspecified atom stereocenters. The molecule has 5 heteroatoms. The van der Waals surface area contributed by atoms with Crippen molar-refractivity contribution in [3.05, 3.63) is 10.4 Å². The van der Waals surface area contributed by atoms with E-state index in [2.05, 4.69) is 15.0 Å². The summed E-state index contributed by atoms with van der Waals surface area (Å²) in [6.07, 6.45) is 1.32. The van der Waals surface area contributed by atoms with Crippen LogP contribution >= 0.6 is 0 Å². The van der Waals surface area contributed by atoms with Gasteiger partial charge in [-0.1, -0.05) is 5.11 Å². The minimum Gasteiger partial charge on any atom is -0.211 e. The molecule has 0 aromatic carbocycles. The zero-order valence-corrected chi connectivity index (χ0v) is 4.11. The number of hydrogen-bond acceptors (Lipinski definition) is 3. The van der Waals surface area contributed by atoms with Crippen LogP contribution in [0.25, 0.3) is 10.4 Å². The van der Waals surface area contributed by atoms with E-state index in [0.29, 0.717) is 0 Å². The minimum atomic E-state index is 0.228. The standard InChI is InChI=1S/C3H4N4O/c4-7-6-2-1-5-3-8/h1-2H2. The molecule has 0 aromatic rings. The number of carbonyl (C=O) groups excluding carboxylic acids is 1. The minimum absolute atomic E-state index is 0.228. The summed E-state index contributed by atoms with van der Waals surface area (Å²) < 4.78 is 0. The highest BCUT2D eigenvalue weighted by molar-refractivity contribution is 5.32. The maximum absolute atomic E-state index is 9.34. The summed E-state index contributed by atoms with van der Waals surface area (Å²) in [6, 6.07) is 0. The van der Waals surface area contributed by atoms with Crippen molar-refractivity contribution >= 4 is 6.08 Å². The zero-order valence-electron chi connectivity index (χ0n) is 4.11. The summed E-state index contributed by atoms with van der Waals surface area (Å²) in [5.74, 6) is 0. The van der Waals surface area contributed by atoms with Crippen molar-refractivity contribution in [3.8, 4) is 0 Å². The summed E-state index contributed by atoms with van der Waals surface area (Å²) in [5, 5.41) is 3.12. The Morgan fingerprint density at radius 2 is 2.38 bits per heavy atom. The van der Waals surface area contributed by atoms with Crippen LogP contribution in [0.3, 0.4) is 0 Å². The van der Waals surface area contributed by atoms with E-state index in [-0.39, 0.29) is 13.1 Å². The first-order chi connectivity index (χ1) is 3.91. The summed E-state index contributed by atoms with van der Waals surface area (Å²) in [6.45, 7) is 0.458. The van der Waals surface area contributed by atoms with Gasteiger partial charge in [-0.3, -0.25) is 0 Å². The van der Waals surface area contributed by atoms with E-state index in [1.54, 1.807) is 0 Å². The zero-order chi connectivity index (χ0) is 6.24. The van der Waals surface area contributed by atoms with E-state index < -0.39 is 0 Å². The molecule has 0 heterocycles. The smallest absolute Gasteiger partial charge is 0.211 e. The topological polar surface area (TPSA) is 78.2 Å². The van der Waals surface area contributed by atoms with Gasteiger partial charge in [0.15, 0.2) is 0 Å². The molecule has 0 bridgehead atoms. The van der Waals surface area contributed by atoms with Gasteiger partial charge in [-0.15, -0.1) is 0 Å². The summed E-state index contributed by atoms with van der Waals surface area (Å²) >= 11 is 0. The maximum atomic E-state index is 9.34. The predicted molar refractivity (Wildman–Crippen MR) is 27.0 cm³/mol. The summed E-state index contributed by atoms with van der Waals surface area (Å²) in [5.41, 5.74) is 7.68. The molecule has 0 atom stereocenters. The van der Waals surface area contributed by atoms with Crippen LogP contribution < -0.4 is 0 Å². The van der Waals surface area contributed by atoms with Crippen LogP contribution in [0.2, 0.25) is 0 Å². The van der Waals surface area contributed by atoms with E-state index in [0.717, 1.165) is 0 Å². The highest BCUT2D eigenvalue weighted by Crippen LogP contribution is 1.70. The van der Waals surface area contributed by atoms with Crippen molar-refractivity contribution in [2.24, 2.45) is 10.1 Å². The molecule has 0 aliphatic rings. The van der Waals surface area contributed by atoms with Gasteiger partial charge in [0.25, 0.3) is 0 Å². The van der Waals surface area contributed by atoms with Gasteiger partial charge < -0.3 is 0 Å². The molecule has 0 rings (SSSR count). The molecule has 8 heavy (non-hydrogen) atoms. The molecule has 0 saturated carbocycles. The molecule has 0 aromatic heterocycles. The Morgan fingerprint density at radius 1 is 1.62 bits per heavy atom. The third-order valence-electron chi connectivity index (χ3n) is 0.440. The van der Waals surface area contributed by atoms with Crippen molar-refractivity contribution in [3.63, 3.8) is 0 Å².